The number of carbonyl (C=O) groups is 1. The smallest absolute Gasteiger partial charge is 0.324 e. The lowest BCUT2D eigenvalue weighted by molar-refractivity contribution is -0.136. The first-order chi connectivity index (χ1) is 13.8. The van der Waals surface area contributed by atoms with E-state index in [1.165, 1.54) is 30.5 Å². The minimum Gasteiger partial charge on any atom is -0.324 e. The quantitative estimate of drug-likeness (QED) is 0.687. The van der Waals surface area contributed by atoms with Crippen molar-refractivity contribution in [3.8, 4) is 0 Å². The SMILES string of the molecule is CC1Cc2ccccc2N1C(=O)c1ccnc(Nc2ccccc2C(F)(F)F)n1. The molecule has 2 heterocycles. The van der Waals surface area contributed by atoms with Crippen LogP contribution in [0.15, 0.2) is 60.8 Å². The third kappa shape index (κ3) is 3.65. The van der Waals surface area contributed by atoms with Crippen molar-refractivity contribution >= 4 is 23.2 Å². The second kappa shape index (κ2) is 7.20. The van der Waals surface area contributed by atoms with Crippen molar-refractivity contribution in [3.63, 3.8) is 0 Å². The van der Waals surface area contributed by atoms with Gasteiger partial charge in [-0.25, -0.2) is 9.97 Å². The predicted molar refractivity (Wildman–Crippen MR) is 103 cm³/mol. The second-order valence-corrected chi connectivity index (χ2v) is 6.79. The van der Waals surface area contributed by atoms with Crippen LogP contribution < -0.4 is 10.2 Å². The number of fused-ring (bicyclic) bond motifs is 1. The van der Waals surface area contributed by atoms with Gasteiger partial charge in [0.1, 0.15) is 5.69 Å². The molecule has 3 aromatic rings. The number of amides is 1. The molecule has 1 amide bonds. The van der Waals surface area contributed by atoms with E-state index in [2.05, 4.69) is 15.3 Å². The molecular weight excluding hydrogens is 381 g/mol. The maximum atomic E-state index is 13.2. The van der Waals surface area contributed by atoms with E-state index in [4.69, 9.17) is 0 Å². The van der Waals surface area contributed by atoms with Crippen molar-refractivity contribution in [3.05, 3.63) is 77.6 Å². The molecule has 1 aliphatic heterocycles. The van der Waals surface area contributed by atoms with Crippen molar-refractivity contribution in [1.82, 2.24) is 9.97 Å². The Hall–Kier alpha value is -3.42. The molecule has 1 aliphatic rings. The number of alkyl halides is 3. The van der Waals surface area contributed by atoms with E-state index in [1.54, 1.807) is 4.90 Å². The Morgan fingerprint density at radius 2 is 1.83 bits per heavy atom. The molecule has 0 saturated heterocycles. The highest BCUT2D eigenvalue weighted by atomic mass is 19.4. The number of aromatic nitrogens is 2. The summed E-state index contributed by atoms with van der Waals surface area (Å²) in [5.74, 6) is -0.398. The molecule has 29 heavy (non-hydrogen) atoms. The number of halogens is 3. The monoisotopic (exact) mass is 398 g/mol. The maximum Gasteiger partial charge on any atom is 0.418 e. The van der Waals surface area contributed by atoms with Crippen LogP contribution in [0, 0.1) is 0 Å². The molecule has 0 aliphatic carbocycles. The minimum atomic E-state index is -4.52. The highest BCUT2D eigenvalue weighted by Gasteiger charge is 2.34. The normalized spacial score (nSPS) is 15.9. The summed E-state index contributed by atoms with van der Waals surface area (Å²) in [6.07, 6.45) is -2.44. The zero-order valence-electron chi connectivity index (χ0n) is 15.4. The molecule has 1 aromatic heterocycles. The molecule has 4 rings (SSSR count). The molecule has 5 nitrogen and oxygen atoms in total. The van der Waals surface area contributed by atoms with Crippen LogP contribution in [-0.4, -0.2) is 21.9 Å². The van der Waals surface area contributed by atoms with Crippen molar-refractivity contribution in [2.45, 2.75) is 25.6 Å². The fourth-order valence-electron chi connectivity index (χ4n) is 3.50. The number of rotatable bonds is 3. The van der Waals surface area contributed by atoms with Gasteiger partial charge in [-0.3, -0.25) is 4.79 Å². The van der Waals surface area contributed by atoms with Gasteiger partial charge in [-0.05, 0) is 43.2 Å². The van der Waals surface area contributed by atoms with E-state index < -0.39 is 11.7 Å². The summed E-state index contributed by atoms with van der Waals surface area (Å²) in [6.45, 7) is 1.94. The van der Waals surface area contributed by atoms with Gasteiger partial charge in [0.25, 0.3) is 5.91 Å². The Balaban J connectivity index is 1.63. The Labute approximate surface area is 165 Å². The average Bonchev–Trinajstić information content (AvgIpc) is 3.03. The van der Waals surface area contributed by atoms with Gasteiger partial charge in [0.05, 0.1) is 11.3 Å². The van der Waals surface area contributed by atoms with Gasteiger partial charge < -0.3 is 10.2 Å². The summed E-state index contributed by atoms with van der Waals surface area (Å²) in [5.41, 5.74) is 0.989. The summed E-state index contributed by atoms with van der Waals surface area (Å²) < 4.78 is 39.6. The van der Waals surface area contributed by atoms with E-state index in [0.29, 0.717) is 0 Å². The van der Waals surface area contributed by atoms with Gasteiger partial charge in [-0.1, -0.05) is 30.3 Å². The van der Waals surface area contributed by atoms with E-state index in [1.807, 2.05) is 31.2 Å². The fourth-order valence-corrected chi connectivity index (χ4v) is 3.50. The largest absolute Gasteiger partial charge is 0.418 e. The standard InChI is InChI=1S/C21H17F3N4O/c1-13-12-14-6-2-5-9-18(14)28(13)19(29)17-10-11-25-20(27-17)26-16-8-4-3-7-15(16)21(22,23)24/h2-11,13H,12H2,1H3,(H,25,26,27). The summed E-state index contributed by atoms with van der Waals surface area (Å²) in [7, 11) is 0. The maximum absolute atomic E-state index is 13.2. The summed E-state index contributed by atoms with van der Waals surface area (Å²) in [6, 6.07) is 14.1. The van der Waals surface area contributed by atoms with E-state index in [0.717, 1.165) is 23.7 Å². The zero-order valence-corrected chi connectivity index (χ0v) is 15.4. The van der Waals surface area contributed by atoms with Crippen LogP contribution in [0.1, 0.15) is 28.5 Å². The first kappa shape index (κ1) is 18.9. The third-order valence-corrected chi connectivity index (χ3v) is 4.78. The van der Waals surface area contributed by atoms with Crippen LogP contribution in [0.2, 0.25) is 0 Å². The number of benzene rings is 2. The Morgan fingerprint density at radius 3 is 2.62 bits per heavy atom. The van der Waals surface area contributed by atoms with E-state index in [9.17, 15) is 18.0 Å². The molecule has 1 N–H and O–H groups in total. The Bertz CT molecular complexity index is 1070. The third-order valence-electron chi connectivity index (χ3n) is 4.78. The van der Waals surface area contributed by atoms with Crippen LogP contribution in [0.25, 0.3) is 0 Å². The average molecular weight is 398 g/mol. The van der Waals surface area contributed by atoms with Gasteiger partial charge in [-0.2, -0.15) is 13.2 Å². The van der Waals surface area contributed by atoms with Crippen LogP contribution in [0.3, 0.4) is 0 Å². The number of anilines is 3. The second-order valence-electron chi connectivity index (χ2n) is 6.79. The highest BCUT2D eigenvalue weighted by Crippen LogP contribution is 2.36. The number of hydrogen-bond donors (Lipinski definition) is 1. The van der Waals surface area contributed by atoms with Crippen molar-refractivity contribution in [2.75, 3.05) is 10.2 Å². The molecule has 0 fully saturated rings. The topological polar surface area (TPSA) is 58.1 Å². The Morgan fingerprint density at radius 1 is 1.10 bits per heavy atom. The molecular formula is C21H17F3N4O. The van der Waals surface area contributed by atoms with Crippen molar-refractivity contribution in [2.24, 2.45) is 0 Å². The first-order valence-electron chi connectivity index (χ1n) is 9.02. The van der Waals surface area contributed by atoms with Crippen molar-refractivity contribution < 1.29 is 18.0 Å². The molecule has 1 atom stereocenters. The Kier molecular flexibility index (Phi) is 4.70. The molecule has 0 bridgehead atoms. The van der Waals surface area contributed by atoms with Crippen molar-refractivity contribution in [1.29, 1.82) is 0 Å². The number of nitrogens with one attached hydrogen (secondary N) is 1. The fraction of sp³-hybridized carbons (Fsp3) is 0.190. The summed E-state index contributed by atoms with van der Waals surface area (Å²) in [4.78, 5) is 22.9. The van der Waals surface area contributed by atoms with Gasteiger partial charge in [0.2, 0.25) is 5.95 Å². The lowest BCUT2D eigenvalue weighted by atomic mass is 10.1. The number of nitrogens with zero attached hydrogens (tertiary/aromatic N) is 3. The number of para-hydroxylation sites is 2. The summed E-state index contributed by atoms with van der Waals surface area (Å²) >= 11 is 0. The molecule has 148 valence electrons. The molecule has 0 radical (unpaired) electrons. The minimum absolute atomic E-state index is 0.0442. The van der Waals surface area contributed by atoms with Crippen LogP contribution in [0.5, 0.6) is 0 Å². The van der Waals surface area contributed by atoms with Crippen LogP contribution >= 0.6 is 0 Å². The first-order valence-corrected chi connectivity index (χ1v) is 9.02. The highest BCUT2D eigenvalue weighted by molar-refractivity contribution is 6.06. The van der Waals surface area contributed by atoms with Gasteiger partial charge in [-0.15, -0.1) is 0 Å². The van der Waals surface area contributed by atoms with Gasteiger partial charge >= 0.3 is 6.18 Å². The molecule has 2 aromatic carbocycles. The van der Waals surface area contributed by atoms with E-state index >= 15 is 0 Å². The van der Waals surface area contributed by atoms with Crippen LogP contribution in [-0.2, 0) is 12.6 Å². The molecule has 8 heteroatoms. The molecule has 1 unspecified atom stereocenters. The van der Waals surface area contributed by atoms with Gasteiger partial charge in [0.15, 0.2) is 0 Å². The lowest BCUT2D eigenvalue weighted by Crippen LogP contribution is -2.36. The van der Waals surface area contributed by atoms with Gasteiger partial charge in [0, 0.05) is 17.9 Å². The number of hydrogen-bond acceptors (Lipinski definition) is 4. The van der Waals surface area contributed by atoms with E-state index in [-0.39, 0.29) is 29.3 Å². The predicted octanol–water partition coefficient (Wildman–Crippen LogP) is 4.83. The number of carbonyl (C=O) groups excluding carboxylic acids is 1. The lowest BCUT2D eigenvalue weighted by Gasteiger charge is -2.22. The molecule has 0 saturated carbocycles. The van der Waals surface area contributed by atoms with Crippen LogP contribution in [0.4, 0.5) is 30.5 Å². The zero-order chi connectivity index (χ0) is 20.6. The summed E-state index contributed by atoms with van der Waals surface area (Å²) in [5, 5.41) is 2.58. The molecule has 0 spiro atoms.